The number of benzene rings is 1. The highest BCUT2D eigenvalue weighted by atomic mass is 32.2. The number of aliphatic imine (C=N–C) groups is 1. The molecule has 0 bridgehead atoms. The zero-order valence-corrected chi connectivity index (χ0v) is 11.8. The van der Waals surface area contributed by atoms with E-state index in [0.29, 0.717) is 0 Å². The van der Waals surface area contributed by atoms with Gasteiger partial charge in [0.15, 0.2) is 0 Å². The summed E-state index contributed by atoms with van der Waals surface area (Å²) >= 11 is 3.29. The largest absolute Gasteiger partial charge is 0.258 e. The fourth-order valence-electron chi connectivity index (χ4n) is 1.88. The Morgan fingerprint density at radius 2 is 1.83 bits per heavy atom. The molecule has 2 nitrogen and oxygen atoms in total. The topological polar surface area (TPSA) is 24.7 Å². The van der Waals surface area contributed by atoms with Crippen molar-refractivity contribution in [2.75, 3.05) is 0 Å². The summed E-state index contributed by atoms with van der Waals surface area (Å²) in [6.07, 6.45) is 2.13. The van der Waals surface area contributed by atoms with E-state index in [0.717, 1.165) is 16.5 Å². The average molecular weight is 272 g/mol. The molecule has 3 rings (SSSR count). The molecule has 0 atom stereocenters. The molecule has 0 N–H and O–H groups in total. The molecule has 0 aromatic heterocycles. The molecule has 0 amide bonds. The third-order valence-electron chi connectivity index (χ3n) is 2.73. The molecule has 2 heterocycles. The van der Waals surface area contributed by atoms with E-state index in [2.05, 4.69) is 34.5 Å². The van der Waals surface area contributed by atoms with Gasteiger partial charge in [-0.15, -0.1) is 0 Å². The molecule has 0 fully saturated rings. The van der Waals surface area contributed by atoms with Gasteiger partial charge in [-0.2, -0.15) is 0 Å². The molecule has 0 saturated carbocycles. The van der Waals surface area contributed by atoms with Crippen molar-refractivity contribution in [3.8, 4) is 0 Å². The van der Waals surface area contributed by atoms with Gasteiger partial charge in [0.1, 0.15) is 5.04 Å². The summed E-state index contributed by atoms with van der Waals surface area (Å²) in [6.45, 7) is 4.08. The Labute approximate surface area is 115 Å². The molecule has 90 valence electrons. The van der Waals surface area contributed by atoms with Gasteiger partial charge in [-0.25, -0.2) is 4.40 Å². The summed E-state index contributed by atoms with van der Waals surface area (Å²) < 4.78 is 5.77. The van der Waals surface area contributed by atoms with Crippen LogP contribution in [0.2, 0.25) is 0 Å². The lowest BCUT2D eigenvalue weighted by Crippen LogP contribution is -1.93. The van der Waals surface area contributed by atoms with E-state index >= 15 is 0 Å². The molecule has 0 aliphatic carbocycles. The molecule has 1 aromatic rings. The second-order valence-corrected chi connectivity index (χ2v) is 6.17. The molecule has 18 heavy (non-hydrogen) atoms. The third kappa shape index (κ3) is 2.18. The first-order valence-electron chi connectivity index (χ1n) is 5.70. The predicted molar refractivity (Wildman–Crippen MR) is 82.1 cm³/mol. The second-order valence-electron chi connectivity index (χ2n) is 4.14. The van der Waals surface area contributed by atoms with Gasteiger partial charge in [-0.05, 0) is 19.9 Å². The van der Waals surface area contributed by atoms with Crippen molar-refractivity contribution in [1.82, 2.24) is 0 Å². The van der Waals surface area contributed by atoms with Crippen molar-refractivity contribution in [2.24, 2.45) is 9.39 Å². The number of nitrogens with zero attached hydrogens (tertiary/aromatic N) is 2. The van der Waals surface area contributed by atoms with Crippen LogP contribution in [0.3, 0.4) is 0 Å². The maximum Gasteiger partial charge on any atom is 0.117 e. The zero-order valence-electron chi connectivity index (χ0n) is 10.2. The minimum absolute atomic E-state index is 1.07. The van der Waals surface area contributed by atoms with Crippen molar-refractivity contribution in [3.05, 3.63) is 57.5 Å². The SMILES string of the molecule is CC1=C/C(=C2/SN=C(c3ccccc3)S2)C(C)=N1. The van der Waals surface area contributed by atoms with Crippen LogP contribution in [0.4, 0.5) is 0 Å². The molecule has 4 heteroatoms. The van der Waals surface area contributed by atoms with E-state index in [1.807, 2.05) is 25.1 Å². The van der Waals surface area contributed by atoms with Crippen molar-refractivity contribution in [2.45, 2.75) is 13.8 Å². The maximum absolute atomic E-state index is 4.55. The van der Waals surface area contributed by atoms with Crippen LogP contribution in [0, 0.1) is 0 Å². The smallest absolute Gasteiger partial charge is 0.117 e. The highest BCUT2D eigenvalue weighted by Crippen LogP contribution is 2.44. The number of hydrogen-bond acceptors (Lipinski definition) is 4. The van der Waals surface area contributed by atoms with E-state index < -0.39 is 0 Å². The van der Waals surface area contributed by atoms with E-state index in [1.54, 1.807) is 23.7 Å². The highest BCUT2D eigenvalue weighted by molar-refractivity contribution is 8.32. The van der Waals surface area contributed by atoms with Crippen LogP contribution in [0.25, 0.3) is 0 Å². The Balaban J connectivity index is 1.88. The van der Waals surface area contributed by atoms with Crippen LogP contribution < -0.4 is 0 Å². The Kier molecular flexibility index (Phi) is 3.14. The monoisotopic (exact) mass is 272 g/mol. The van der Waals surface area contributed by atoms with Gasteiger partial charge < -0.3 is 0 Å². The van der Waals surface area contributed by atoms with Crippen LogP contribution in [0.5, 0.6) is 0 Å². The lowest BCUT2D eigenvalue weighted by molar-refractivity contribution is 1.34. The lowest BCUT2D eigenvalue weighted by Gasteiger charge is -2.01. The summed E-state index contributed by atoms with van der Waals surface area (Å²) in [5.74, 6) is 0. The molecule has 2 aliphatic heterocycles. The average Bonchev–Trinajstić information content (AvgIpc) is 2.97. The predicted octanol–water partition coefficient (Wildman–Crippen LogP) is 4.42. The quantitative estimate of drug-likeness (QED) is 0.707. The number of thioether (sulfide) groups is 1. The van der Waals surface area contributed by atoms with E-state index in [1.165, 1.54) is 15.4 Å². The Morgan fingerprint density at radius 1 is 1.06 bits per heavy atom. The third-order valence-corrected chi connectivity index (χ3v) is 4.90. The normalized spacial score (nSPS) is 22.9. The first kappa shape index (κ1) is 11.8. The van der Waals surface area contributed by atoms with Crippen LogP contribution >= 0.6 is 23.7 Å². The molecular weight excluding hydrogens is 260 g/mol. The number of rotatable bonds is 1. The van der Waals surface area contributed by atoms with Gasteiger partial charge in [-0.3, -0.25) is 4.99 Å². The van der Waals surface area contributed by atoms with E-state index in [-0.39, 0.29) is 0 Å². The minimum Gasteiger partial charge on any atom is -0.258 e. The highest BCUT2D eigenvalue weighted by Gasteiger charge is 2.22. The van der Waals surface area contributed by atoms with Crippen molar-refractivity contribution in [1.29, 1.82) is 0 Å². The standard InChI is InChI=1S/C14H12N2S2/c1-9-8-12(10(2)15-9)14-17-13(16-18-14)11-6-4-3-5-7-11/h3-8H,1-2H3/b14-12-. The van der Waals surface area contributed by atoms with Crippen LogP contribution in [-0.4, -0.2) is 10.8 Å². The fourth-order valence-corrected chi connectivity index (χ4v) is 3.96. The van der Waals surface area contributed by atoms with Gasteiger partial charge >= 0.3 is 0 Å². The van der Waals surface area contributed by atoms with Gasteiger partial charge in [0.2, 0.25) is 0 Å². The molecule has 1 aromatic carbocycles. The molecule has 0 spiro atoms. The molecular formula is C14H12N2S2. The first-order valence-corrected chi connectivity index (χ1v) is 7.29. The van der Waals surface area contributed by atoms with Crippen molar-refractivity contribution in [3.63, 3.8) is 0 Å². The summed E-state index contributed by atoms with van der Waals surface area (Å²) in [6, 6.07) is 10.3. The number of hydrogen-bond donors (Lipinski definition) is 0. The molecule has 2 aliphatic rings. The van der Waals surface area contributed by atoms with Crippen LogP contribution in [-0.2, 0) is 0 Å². The lowest BCUT2D eigenvalue weighted by atomic mass is 10.2. The number of allylic oxidation sites excluding steroid dienone is 3. The summed E-state index contributed by atoms with van der Waals surface area (Å²) in [5, 5.41) is 1.08. The minimum atomic E-state index is 1.07. The van der Waals surface area contributed by atoms with Crippen LogP contribution in [0.1, 0.15) is 19.4 Å². The van der Waals surface area contributed by atoms with E-state index in [9.17, 15) is 0 Å². The van der Waals surface area contributed by atoms with Gasteiger partial charge in [-0.1, -0.05) is 42.1 Å². The second kappa shape index (κ2) is 4.78. The summed E-state index contributed by atoms with van der Waals surface area (Å²) in [4.78, 5) is 4.46. The Hall–Kier alpha value is -1.26. The van der Waals surface area contributed by atoms with Crippen LogP contribution in [0.15, 0.2) is 61.3 Å². The molecule has 0 radical (unpaired) electrons. The maximum atomic E-state index is 4.55. The van der Waals surface area contributed by atoms with Gasteiger partial charge in [0, 0.05) is 34.5 Å². The summed E-state index contributed by atoms with van der Waals surface area (Å²) in [5.41, 5.74) is 4.56. The van der Waals surface area contributed by atoms with Gasteiger partial charge in [0.05, 0.1) is 4.24 Å². The summed E-state index contributed by atoms with van der Waals surface area (Å²) in [7, 11) is 0. The van der Waals surface area contributed by atoms with E-state index in [4.69, 9.17) is 0 Å². The van der Waals surface area contributed by atoms with Crippen molar-refractivity contribution >= 4 is 34.5 Å². The van der Waals surface area contributed by atoms with Gasteiger partial charge in [0.25, 0.3) is 0 Å². The molecule has 0 unspecified atom stereocenters. The van der Waals surface area contributed by atoms with Crippen molar-refractivity contribution < 1.29 is 0 Å². The Morgan fingerprint density at radius 3 is 2.50 bits per heavy atom. The first-order chi connectivity index (χ1) is 8.74. The fraction of sp³-hybridized carbons (Fsp3) is 0.143. The zero-order chi connectivity index (χ0) is 12.5. The Bertz CT molecular complexity index is 610. The molecule has 0 saturated heterocycles.